The molecular weight excluding hydrogens is 291 g/mol. The summed E-state index contributed by atoms with van der Waals surface area (Å²) in [6.45, 7) is 1.81. The van der Waals surface area contributed by atoms with Crippen molar-refractivity contribution in [1.29, 1.82) is 0 Å². The SMILES string of the molecule is CC(Nc1cc(F)ccc1F)c1ccc(Cl)cc1Cl. The Morgan fingerprint density at radius 3 is 2.47 bits per heavy atom. The molecule has 0 aliphatic carbocycles. The minimum atomic E-state index is -0.515. The van der Waals surface area contributed by atoms with Crippen LogP contribution in [0.25, 0.3) is 0 Å². The highest BCUT2D eigenvalue weighted by atomic mass is 35.5. The fourth-order valence-corrected chi connectivity index (χ4v) is 2.34. The highest BCUT2D eigenvalue weighted by Crippen LogP contribution is 2.29. The van der Waals surface area contributed by atoms with E-state index in [9.17, 15) is 8.78 Å². The first-order valence-electron chi connectivity index (χ1n) is 5.64. The summed E-state index contributed by atoms with van der Waals surface area (Å²) in [5, 5.41) is 3.89. The van der Waals surface area contributed by atoms with Gasteiger partial charge < -0.3 is 5.32 Å². The zero-order chi connectivity index (χ0) is 14.0. The molecule has 1 nitrogen and oxygen atoms in total. The van der Waals surface area contributed by atoms with Crippen molar-refractivity contribution in [2.75, 3.05) is 5.32 Å². The maximum absolute atomic E-state index is 13.5. The summed E-state index contributed by atoms with van der Waals surface area (Å²) in [4.78, 5) is 0. The molecule has 2 aromatic rings. The third-order valence-electron chi connectivity index (χ3n) is 2.73. The van der Waals surface area contributed by atoms with Crippen LogP contribution in [0, 0.1) is 11.6 Å². The Bertz CT molecular complexity index is 602. The number of benzene rings is 2. The van der Waals surface area contributed by atoms with E-state index in [0.29, 0.717) is 10.0 Å². The normalized spacial score (nSPS) is 12.3. The number of nitrogens with one attached hydrogen (secondary N) is 1. The lowest BCUT2D eigenvalue weighted by Crippen LogP contribution is -2.08. The summed E-state index contributed by atoms with van der Waals surface area (Å²) in [5.41, 5.74) is 0.855. The lowest BCUT2D eigenvalue weighted by atomic mass is 10.1. The lowest BCUT2D eigenvalue weighted by Gasteiger charge is -2.17. The average molecular weight is 302 g/mol. The van der Waals surface area contributed by atoms with Gasteiger partial charge in [-0.05, 0) is 42.8 Å². The first-order chi connectivity index (χ1) is 8.97. The van der Waals surface area contributed by atoms with Gasteiger partial charge in [0, 0.05) is 10.0 Å². The van der Waals surface area contributed by atoms with Gasteiger partial charge in [0.1, 0.15) is 11.6 Å². The smallest absolute Gasteiger partial charge is 0.146 e. The molecular formula is C14H11Cl2F2N. The van der Waals surface area contributed by atoms with Crippen molar-refractivity contribution in [2.45, 2.75) is 13.0 Å². The van der Waals surface area contributed by atoms with E-state index in [1.165, 1.54) is 0 Å². The van der Waals surface area contributed by atoms with Crippen molar-refractivity contribution in [1.82, 2.24) is 0 Å². The topological polar surface area (TPSA) is 12.0 Å². The predicted octanol–water partition coefficient (Wildman–Crippen LogP) is 5.44. The zero-order valence-corrected chi connectivity index (χ0v) is 11.6. The molecule has 0 saturated carbocycles. The van der Waals surface area contributed by atoms with Gasteiger partial charge in [0.05, 0.1) is 11.7 Å². The maximum Gasteiger partial charge on any atom is 0.146 e. The number of anilines is 1. The van der Waals surface area contributed by atoms with Crippen LogP contribution in [0.15, 0.2) is 36.4 Å². The largest absolute Gasteiger partial charge is 0.376 e. The monoisotopic (exact) mass is 301 g/mol. The Kier molecular flexibility index (Phi) is 4.27. The number of hydrogen-bond acceptors (Lipinski definition) is 1. The van der Waals surface area contributed by atoms with Gasteiger partial charge in [-0.3, -0.25) is 0 Å². The molecule has 19 heavy (non-hydrogen) atoms. The van der Waals surface area contributed by atoms with Gasteiger partial charge in [-0.15, -0.1) is 0 Å². The van der Waals surface area contributed by atoms with E-state index in [4.69, 9.17) is 23.2 Å². The van der Waals surface area contributed by atoms with Gasteiger partial charge in [0.25, 0.3) is 0 Å². The molecule has 0 aliphatic rings. The van der Waals surface area contributed by atoms with Gasteiger partial charge in [0.15, 0.2) is 0 Å². The second-order valence-corrected chi connectivity index (χ2v) is 5.00. The first-order valence-corrected chi connectivity index (χ1v) is 6.39. The number of halogens is 4. The third kappa shape index (κ3) is 3.37. The molecule has 0 radical (unpaired) electrons. The molecule has 0 aliphatic heterocycles. The second-order valence-electron chi connectivity index (χ2n) is 4.16. The zero-order valence-electron chi connectivity index (χ0n) is 10.1. The molecule has 0 heterocycles. The summed E-state index contributed by atoms with van der Waals surface area (Å²) < 4.78 is 26.6. The van der Waals surface area contributed by atoms with Crippen molar-refractivity contribution in [3.05, 3.63) is 63.6 Å². The number of hydrogen-bond donors (Lipinski definition) is 1. The van der Waals surface area contributed by atoms with Gasteiger partial charge in [-0.1, -0.05) is 29.3 Å². The lowest BCUT2D eigenvalue weighted by molar-refractivity contribution is 0.600. The minimum Gasteiger partial charge on any atom is -0.376 e. The highest BCUT2D eigenvalue weighted by molar-refractivity contribution is 6.35. The van der Waals surface area contributed by atoms with Crippen LogP contribution < -0.4 is 5.32 Å². The summed E-state index contributed by atoms with van der Waals surface area (Å²) in [5.74, 6) is -1.02. The van der Waals surface area contributed by atoms with E-state index >= 15 is 0 Å². The van der Waals surface area contributed by atoms with Crippen LogP contribution in [0.1, 0.15) is 18.5 Å². The fourth-order valence-electron chi connectivity index (χ4n) is 1.77. The van der Waals surface area contributed by atoms with Gasteiger partial charge in [0.2, 0.25) is 0 Å². The van der Waals surface area contributed by atoms with Crippen molar-refractivity contribution in [3.63, 3.8) is 0 Å². The van der Waals surface area contributed by atoms with E-state index in [-0.39, 0.29) is 11.7 Å². The van der Waals surface area contributed by atoms with Crippen molar-refractivity contribution in [2.24, 2.45) is 0 Å². The Hall–Kier alpha value is -1.32. The number of rotatable bonds is 3. The van der Waals surface area contributed by atoms with Crippen LogP contribution in [-0.4, -0.2) is 0 Å². The Labute approximate surface area is 120 Å². The average Bonchev–Trinajstić information content (AvgIpc) is 2.33. The van der Waals surface area contributed by atoms with Crippen molar-refractivity contribution < 1.29 is 8.78 Å². The molecule has 1 N–H and O–H groups in total. The van der Waals surface area contributed by atoms with Gasteiger partial charge >= 0.3 is 0 Å². The molecule has 1 atom stereocenters. The highest BCUT2D eigenvalue weighted by Gasteiger charge is 2.12. The van der Waals surface area contributed by atoms with Crippen molar-refractivity contribution in [3.8, 4) is 0 Å². The molecule has 0 aromatic heterocycles. The van der Waals surface area contributed by atoms with E-state index in [1.54, 1.807) is 25.1 Å². The van der Waals surface area contributed by atoms with E-state index in [1.807, 2.05) is 0 Å². The molecule has 1 unspecified atom stereocenters. The Balaban J connectivity index is 2.25. The van der Waals surface area contributed by atoms with E-state index < -0.39 is 11.6 Å². The molecule has 0 saturated heterocycles. The molecule has 0 spiro atoms. The molecule has 0 amide bonds. The summed E-state index contributed by atoms with van der Waals surface area (Å²) in [7, 11) is 0. The summed E-state index contributed by atoms with van der Waals surface area (Å²) in [6.07, 6.45) is 0. The first kappa shape index (κ1) is 14.1. The van der Waals surface area contributed by atoms with Gasteiger partial charge in [-0.25, -0.2) is 8.78 Å². The second kappa shape index (κ2) is 5.76. The minimum absolute atomic E-state index is 0.0958. The molecule has 2 rings (SSSR count). The molecule has 100 valence electrons. The van der Waals surface area contributed by atoms with Crippen LogP contribution in [-0.2, 0) is 0 Å². The van der Waals surface area contributed by atoms with Crippen LogP contribution in [0.4, 0.5) is 14.5 Å². The summed E-state index contributed by atoms with van der Waals surface area (Å²) in [6, 6.07) is 8.03. The van der Waals surface area contributed by atoms with Crippen molar-refractivity contribution >= 4 is 28.9 Å². The summed E-state index contributed by atoms with van der Waals surface area (Å²) >= 11 is 11.9. The molecule has 0 bridgehead atoms. The molecule has 5 heteroatoms. The van der Waals surface area contributed by atoms with Crippen LogP contribution in [0.5, 0.6) is 0 Å². The molecule has 2 aromatic carbocycles. The third-order valence-corrected chi connectivity index (χ3v) is 3.29. The molecule has 0 fully saturated rings. The van der Waals surface area contributed by atoms with E-state index in [2.05, 4.69) is 5.32 Å². The Morgan fingerprint density at radius 1 is 1.05 bits per heavy atom. The van der Waals surface area contributed by atoms with Gasteiger partial charge in [-0.2, -0.15) is 0 Å². The standard InChI is InChI=1S/C14H11Cl2F2N/c1-8(11-4-2-9(15)6-12(11)16)19-14-7-10(17)3-5-13(14)18/h2-8,19H,1H3. The maximum atomic E-state index is 13.5. The predicted molar refractivity (Wildman–Crippen MR) is 74.9 cm³/mol. The van der Waals surface area contributed by atoms with Crippen LogP contribution in [0.3, 0.4) is 0 Å². The van der Waals surface area contributed by atoms with Crippen LogP contribution >= 0.6 is 23.2 Å². The van der Waals surface area contributed by atoms with Crippen LogP contribution in [0.2, 0.25) is 10.0 Å². The quantitative estimate of drug-likeness (QED) is 0.795. The Morgan fingerprint density at radius 2 is 1.79 bits per heavy atom. The fraction of sp³-hybridized carbons (Fsp3) is 0.143. The van der Waals surface area contributed by atoms with E-state index in [0.717, 1.165) is 23.8 Å².